The van der Waals surface area contributed by atoms with E-state index in [0.717, 1.165) is 47.5 Å². The molecule has 3 aromatic heterocycles. The average Bonchev–Trinajstić information content (AvgIpc) is 3.72. The molecular formula is C27H29FN8O2S2. The van der Waals surface area contributed by atoms with E-state index in [4.69, 9.17) is 15.1 Å². The maximum Gasteiger partial charge on any atom is 0.222 e. The lowest BCUT2D eigenvalue weighted by atomic mass is 10.0. The highest BCUT2D eigenvalue weighted by Gasteiger charge is 2.31. The van der Waals surface area contributed by atoms with Gasteiger partial charge >= 0.3 is 0 Å². The number of hydrogen-bond acceptors (Lipinski definition) is 10. The van der Waals surface area contributed by atoms with Crippen LogP contribution in [-0.4, -0.2) is 74.8 Å². The summed E-state index contributed by atoms with van der Waals surface area (Å²) in [6.07, 6.45) is 2.69. The Hall–Kier alpha value is -3.60. The van der Waals surface area contributed by atoms with E-state index in [9.17, 15) is 19.6 Å². The fraction of sp³-hybridized carbons (Fsp3) is 0.444. The van der Waals surface area contributed by atoms with Crippen molar-refractivity contribution in [2.24, 2.45) is 5.92 Å². The van der Waals surface area contributed by atoms with Gasteiger partial charge in [-0.1, -0.05) is 29.6 Å². The van der Waals surface area contributed by atoms with Gasteiger partial charge in [-0.25, -0.2) is 14.4 Å². The molecule has 2 fully saturated rings. The van der Waals surface area contributed by atoms with Gasteiger partial charge in [0.2, 0.25) is 16.0 Å². The second kappa shape index (κ2) is 10.8. The predicted octanol–water partition coefficient (Wildman–Crippen LogP) is 4.06. The molecule has 1 N–H and O–H groups in total. The fourth-order valence-electron chi connectivity index (χ4n) is 5.28. The van der Waals surface area contributed by atoms with Crippen molar-refractivity contribution in [3.8, 4) is 17.3 Å². The topological polar surface area (TPSA) is 114 Å². The molecular weight excluding hydrogens is 551 g/mol. The summed E-state index contributed by atoms with van der Waals surface area (Å²) in [6, 6.07) is 8.22. The van der Waals surface area contributed by atoms with Crippen molar-refractivity contribution in [2.75, 3.05) is 43.0 Å². The van der Waals surface area contributed by atoms with Gasteiger partial charge in [0.1, 0.15) is 22.5 Å². The number of nitriles is 1. The van der Waals surface area contributed by atoms with E-state index in [1.54, 1.807) is 28.4 Å². The summed E-state index contributed by atoms with van der Waals surface area (Å²) in [5.41, 5.74) is 2.10. The van der Waals surface area contributed by atoms with Crippen molar-refractivity contribution in [3.05, 3.63) is 40.7 Å². The molecule has 1 aromatic carbocycles. The molecule has 2 saturated heterocycles. The van der Waals surface area contributed by atoms with Crippen molar-refractivity contribution in [1.82, 2.24) is 24.5 Å². The lowest BCUT2D eigenvalue weighted by molar-refractivity contribution is -0.141. The Labute approximate surface area is 238 Å². The third kappa shape index (κ3) is 4.91. The number of nitrogens with zero attached hydrogens (tertiary/aromatic N) is 8. The van der Waals surface area contributed by atoms with Gasteiger partial charge in [-0.3, -0.25) is 4.79 Å². The maximum atomic E-state index is 13.5. The number of benzene rings is 1. The average molecular weight is 581 g/mol. The van der Waals surface area contributed by atoms with Gasteiger partial charge in [-0.2, -0.15) is 9.78 Å². The quantitative estimate of drug-likeness (QED) is 0.332. The van der Waals surface area contributed by atoms with Crippen molar-refractivity contribution in [2.45, 2.75) is 38.7 Å². The second-order valence-electron chi connectivity index (χ2n) is 10.3. The maximum absolute atomic E-state index is 13.5. The minimum Gasteiger partial charge on any atom is -0.389 e. The number of aliphatic hydroxyl groups excluding tert-OH is 1. The van der Waals surface area contributed by atoms with E-state index >= 15 is 0 Å². The molecule has 0 radical (unpaired) electrons. The lowest BCUT2D eigenvalue weighted by Gasteiger charge is -2.36. The van der Waals surface area contributed by atoms with Crippen molar-refractivity contribution in [3.63, 3.8) is 0 Å². The molecule has 0 spiro atoms. The number of fused-ring (bicyclic) bond motifs is 1. The normalized spacial score (nSPS) is 17.4. The third-order valence-corrected chi connectivity index (χ3v) is 9.56. The number of imidazole rings is 1. The summed E-state index contributed by atoms with van der Waals surface area (Å²) in [5, 5.41) is 25.7. The van der Waals surface area contributed by atoms with Crippen LogP contribution in [-0.2, 0) is 11.2 Å². The summed E-state index contributed by atoms with van der Waals surface area (Å²) < 4.78 is 15.3. The summed E-state index contributed by atoms with van der Waals surface area (Å²) in [6.45, 7) is 4.68. The van der Waals surface area contributed by atoms with Crippen LogP contribution in [0.3, 0.4) is 0 Å². The number of aliphatic hydroxyl groups is 1. The Morgan fingerprint density at radius 1 is 1.23 bits per heavy atom. The highest BCUT2D eigenvalue weighted by Crippen LogP contribution is 2.39. The van der Waals surface area contributed by atoms with Crippen LogP contribution in [0.25, 0.3) is 16.2 Å². The van der Waals surface area contributed by atoms with Crippen LogP contribution in [0.4, 0.5) is 20.5 Å². The molecule has 2 aliphatic rings. The van der Waals surface area contributed by atoms with Crippen LogP contribution in [0.5, 0.6) is 0 Å². The zero-order valence-electron chi connectivity index (χ0n) is 22.2. The first-order chi connectivity index (χ1) is 19.3. The lowest BCUT2D eigenvalue weighted by Crippen LogP contribution is -2.53. The molecule has 40 heavy (non-hydrogen) atoms. The second-order valence-corrected chi connectivity index (χ2v) is 12.2. The van der Waals surface area contributed by atoms with E-state index in [1.807, 2.05) is 23.4 Å². The van der Waals surface area contributed by atoms with E-state index in [1.165, 1.54) is 23.5 Å². The zero-order valence-corrected chi connectivity index (χ0v) is 23.9. The van der Waals surface area contributed by atoms with Crippen LogP contribution in [0.15, 0.2) is 24.3 Å². The molecule has 6 rings (SSSR count). The number of halogens is 1. The van der Waals surface area contributed by atoms with Gasteiger partial charge in [-0.05, 0) is 49.4 Å². The number of β-amino-alcohol motifs (C(OH)–C–C–N with tert-alkyl or cyclic N) is 1. The Morgan fingerprint density at radius 2 is 2.00 bits per heavy atom. The SMILES string of the molecule is CCc1nc2sc(N3CC[C@@H](CCC(=O)N4CC(O)C4)C3)nn2c1N(C)c1nc(-c2ccc(F)cc2)c(C#N)s1. The first-order valence-electron chi connectivity index (χ1n) is 13.3. The molecule has 1 amide bonds. The number of rotatable bonds is 8. The molecule has 10 nitrogen and oxygen atoms in total. The summed E-state index contributed by atoms with van der Waals surface area (Å²) >= 11 is 2.82. The number of aromatic nitrogens is 4. The number of likely N-dealkylation sites (tertiary alicyclic amines) is 1. The molecule has 0 bridgehead atoms. The van der Waals surface area contributed by atoms with Gasteiger partial charge < -0.3 is 19.8 Å². The minimum atomic E-state index is -0.368. The Balaban J connectivity index is 1.21. The first-order valence-corrected chi connectivity index (χ1v) is 15.0. The smallest absolute Gasteiger partial charge is 0.222 e. The molecule has 0 saturated carbocycles. The van der Waals surface area contributed by atoms with E-state index in [2.05, 4.69) is 11.0 Å². The molecule has 13 heteroatoms. The molecule has 5 heterocycles. The minimum absolute atomic E-state index is 0.126. The molecule has 1 atom stereocenters. The standard InChI is InChI=1S/C27H29FN8O2S2/c1-3-20-24(33(2)25-31-23(21(12-29)39-25)17-5-7-18(28)8-6-17)36-26(30-20)40-27(32-36)34-11-10-16(13-34)4-9-22(38)35-14-19(37)15-35/h5-8,16,19,37H,3-4,9-11,13-15H2,1-2H3/t16-/m1/s1. The van der Waals surface area contributed by atoms with Crippen LogP contribution >= 0.6 is 22.7 Å². The molecule has 208 valence electrons. The number of hydrogen-bond donors (Lipinski definition) is 1. The fourth-order valence-corrected chi connectivity index (χ4v) is 7.08. The summed E-state index contributed by atoms with van der Waals surface area (Å²) in [4.78, 5) is 29.1. The van der Waals surface area contributed by atoms with Gasteiger partial charge in [0.25, 0.3) is 0 Å². The van der Waals surface area contributed by atoms with Crippen molar-refractivity contribution >= 4 is 49.6 Å². The number of aryl methyl sites for hydroxylation is 1. The first kappa shape index (κ1) is 26.6. The van der Waals surface area contributed by atoms with E-state index in [0.29, 0.717) is 53.1 Å². The van der Waals surface area contributed by atoms with Gasteiger partial charge in [0, 0.05) is 45.2 Å². The van der Waals surface area contributed by atoms with Crippen molar-refractivity contribution in [1.29, 1.82) is 5.26 Å². The van der Waals surface area contributed by atoms with Gasteiger partial charge in [0.05, 0.1) is 11.8 Å². The summed E-state index contributed by atoms with van der Waals surface area (Å²) in [7, 11) is 1.90. The van der Waals surface area contributed by atoms with Crippen LogP contribution in [0.1, 0.15) is 36.8 Å². The van der Waals surface area contributed by atoms with E-state index in [-0.39, 0.29) is 17.8 Å². The van der Waals surface area contributed by atoms with Crippen LogP contribution in [0, 0.1) is 23.1 Å². The Bertz CT molecular complexity index is 1580. The highest BCUT2D eigenvalue weighted by atomic mass is 32.1. The number of thiazole rings is 1. The van der Waals surface area contributed by atoms with Crippen LogP contribution in [0.2, 0.25) is 0 Å². The molecule has 0 aliphatic carbocycles. The summed E-state index contributed by atoms with van der Waals surface area (Å²) in [5.74, 6) is 1.01. The molecule has 0 unspecified atom stereocenters. The predicted molar refractivity (Wildman–Crippen MR) is 153 cm³/mol. The van der Waals surface area contributed by atoms with Gasteiger partial charge in [-0.15, -0.1) is 5.10 Å². The largest absolute Gasteiger partial charge is 0.389 e. The number of carbonyl (C=O) groups excluding carboxylic acids is 1. The number of anilines is 3. The number of carbonyl (C=O) groups is 1. The van der Waals surface area contributed by atoms with Crippen LogP contribution < -0.4 is 9.80 Å². The van der Waals surface area contributed by atoms with Crippen molar-refractivity contribution < 1.29 is 14.3 Å². The molecule has 2 aliphatic heterocycles. The number of amides is 1. The molecule has 4 aromatic rings. The van der Waals surface area contributed by atoms with Gasteiger partial charge in [0.15, 0.2) is 10.9 Å². The Kier molecular flexibility index (Phi) is 7.16. The Morgan fingerprint density at radius 3 is 2.70 bits per heavy atom. The highest BCUT2D eigenvalue weighted by molar-refractivity contribution is 7.20. The monoisotopic (exact) mass is 580 g/mol. The van der Waals surface area contributed by atoms with E-state index < -0.39 is 0 Å². The third-order valence-electron chi connectivity index (χ3n) is 7.55. The zero-order chi connectivity index (χ0) is 28.0.